The van der Waals surface area contributed by atoms with Gasteiger partial charge in [-0.05, 0) is 42.9 Å². The molecule has 3 atom stereocenters. The smallest absolute Gasteiger partial charge is 0.250 e. The van der Waals surface area contributed by atoms with E-state index in [1.54, 1.807) is 6.92 Å². The zero-order valence-electron chi connectivity index (χ0n) is 13.4. The van der Waals surface area contributed by atoms with Crippen molar-refractivity contribution in [2.24, 2.45) is 23.2 Å². The molecule has 0 heterocycles. The van der Waals surface area contributed by atoms with Crippen LogP contribution in [0.1, 0.15) is 59.8 Å². The molecule has 1 aliphatic rings. The Labute approximate surface area is 122 Å². The second-order valence-corrected chi connectivity index (χ2v) is 7.37. The van der Waals surface area contributed by atoms with Gasteiger partial charge in [-0.2, -0.15) is 0 Å². The van der Waals surface area contributed by atoms with E-state index in [4.69, 9.17) is 5.11 Å². The van der Waals surface area contributed by atoms with Gasteiger partial charge in [0, 0.05) is 18.9 Å². The molecule has 1 nitrogen and oxygen atoms in total. The summed E-state index contributed by atoms with van der Waals surface area (Å²) >= 11 is 0. The molecule has 0 aromatic rings. The van der Waals surface area contributed by atoms with Crippen molar-refractivity contribution in [3.05, 3.63) is 12.2 Å². The number of hydrogen-bond acceptors (Lipinski definition) is 1. The average molecular weight is 288 g/mol. The fourth-order valence-electron chi connectivity index (χ4n) is 3.39. The summed E-state index contributed by atoms with van der Waals surface area (Å²) in [5, 5.41) is 9.14. The Kier molecular flexibility index (Phi) is 5.77. The predicted molar refractivity (Wildman–Crippen MR) is 79.9 cm³/mol. The monoisotopic (exact) mass is 288 g/mol. The topological polar surface area (TPSA) is 20.2 Å². The van der Waals surface area contributed by atoms with Gasteiger partial charge >= 0.3 is 0 Å². The summed E-state index contributed by atoms with van der Waals surface area (Å²) < 4.78 is 28.2. The van der Waals surface area contributed by atoms with Gasteiger partial charge in [0.25, 0.3) is 5.92 Å². The lowest BCUT2D eigenvalue weighted by atomic mass is 9.65. The maximum atomic E-state index is 14.1. The number of hydrogen-bond donors (Lipinski definition) is 1. The van der Waals surface area contributed by atoms with Crippen molar-refractivity contribution in [1.29, 1.82) is 0 Å². The van der Waals surface area contributed by atoms with Crippen molar-refractivity contribution < 1.29 is 13.9 Å². The third-order valence-electron chi connectivity index (χ3n) is 4.87. The predicted octanol–water partition coefficient (Wildman–Crippen LogP) is 5.05. The van der Waals surface area contributed by atoms with Crippen LogP contribution in [0.25, 0.3) is 0 Å². The Morgan fingerprint density at radius 2 is 1.80 bits per heavy atom. The summed E-state index contributed by atoms with van der Waals surface area (Å²) in [4.78, 5) is 0. The highest BCUT2D eigenvalue weighted by molar-refractivity contribution is 5.12. The Morgan fingerprint density at radius 1 is 1.20 bits per heavy atom. The van der Waals surface area contributed by atoms with E-state index in [-0.39, 0.29) is 30.3 Å². The van der Waals surface area contributed by atoms with Gasteiger partial charge in [0.15, 0.2) is 0 Å². The fourth-order valence-corrected chi connectivity index (χ4v) is 3.39. The van der Waals surface area contributed by atoms with Crippen LogP contribution in [0.4, 0.5) is 8.78 Å². The van der Waals surface area contributed by atoms with Crippen molar-refractivity contribution in [3.8, 4) is 0 Å². The molecule has 0 saturated heterocycles. The molecule has 1 rings (SSSR count). The Morgan fingerprint density at radius 3 is 2.25 bits per heavy atom. The number of rotatable bonds is 5. The number of aliphatic hydroxyl groups excluding tert-OH is 1. The van der Waals surface area contributed by atoms with E-state index in [2.05, 4.69) is 27.4 Å². The normalized spacial score (nSPS) is 28.4. The van der Waals surface area contributed by atoms with Crippen LogP contribution in [0.3, 0.4) is 0 Å². The van der Waals surface area contributed by atoms with Crippen molar-refractivity contribution in [2.45, 2.75) is 65.7 Å². The molecule has 0 radical (unpaired) electrons. The molecule has 118 valence electrons. The molecule has 0 amide bonds. The number of aliphatic hydroxyl groups is 1. The maximum absolute atomic E-state index is 14.1. The maximum Gasteiger partial charge on any atom is 0.250 e. The molecule has 0 aromatic carbocycles. The highest BCUT2D eigenvalue weighted by Gasteiger charge is 2.44. The van der Waals surface area contributed by atoms with Gasteiger partial charge in [-0.1, -0.05) is 39.8 Å². The zero-order valence-corrected chi connectivity index (χ0v) is 13.4. The van der Waals surface area contributed by atoms with E-state index in [9.17, 15) is 8.78 Å². The van der Waals surface area contributed by atoms with Crippen molar-refractivity contribution in [3.63, 3.8) is 0 Å². The van der Waals surface area contributed by atoms with Gasteiger partial charge in [-0.3, -0.25) is 0 Å². The lowest BCUT2D eigenvalue weighted by Gasteiger charge is -2.41. The molecule has 1 unspecified atom stereocenters. The van der Waals surface area contributed by atoms with Crippen LogP contribution in [0.15, 0.2) is 12.2 Å². The van der Waals surface area contributed by atoms with E-state index < -0.39 is 11.8 Å². The second-order valence-electron chi connectivity index (χ2n) is 7.37. The molecule has 0 aliphatic heterocycles. The first-order chi connectivity index (χ1) is 9.11. The second kappa shape index (κ2) is 6.55. The summed E-state index contributed by atoms with van der Waals surface area (Å²) in [5.74, 6) is -2.81. The SMILES string of the molecule is C=C([C@@H]1CC(CCO)C[C@H](C(F)(F)CC)C1)C(C)(C)C. The molecule has 0 spiro atoms. The molecule has 3 heteroatoms. The minimum Gasteiger partial charge on any atom is -0.396 e. The third-order valence-corrected chi connectivity index (χ3v) is 4.87. The van der Waals surface area contributed by atoms with Crippen LogP contribution in [-0.4, -0.2) is 17.6 Å². The summed E-state index contributed by atoms with van der Waals surface area (Å²) in [6.07, 6.45) is 2.50. The molecule has 20 heavy (non-hydrogen) atoms. The van der Waals surface area contributed by atoms with Crippen LogP contribution in [-0.2, 0) is 0 Å². The number of alkyl halides is 2. The summed E-state index contributed by atoms with van der Waals surface area (Å²) in [5.41, 5.74) is 1.04. The average Bonchev–Trinajstić information content (AvgIpc) is 2.36. The van der Waals surface area contributed by atoms with Crippen LogP contribution >= 0.6 is 0 Å². The summed E-state index contributed by atoms with van der Waals surface area (Å²) in [6.45, 7) is 12.1. The van der Waals surface area contributed by atoms with E-state index in [1.165, 1.54) is 0 Å². The van der Waals surface area contributed by atoms with Crippen LogP contribution in [0.5, 0.6) is 0 Å². The lowest BCUT2D eigenvalue weighted by molar-refractivity contribution is -0.0884. The summed E-state index contributed by atoms with van der Waals surface area (Å²) in [6, 6.07) is 0. The van der Waals surface area contributed by atoms with Gasteiger partial charge < -0.3 is 5.11 Å². The molecule has 1 saturated carbocycles. The lowest BCUT2D eigenvalue weighted by Crippen LogP contribution is -2.37. The highest BCUT2D eigenvalue weighted by Crippen LogP contribution is 2.48. The first kappa shape index (κ1) is 17.6. The molecule has 1 fully saturated rings. The minimum atomic E-state index is -2.59. The highest BCUT2D eigenvalue weighted by atomic mass is 19.3. The zero-order chi connectivity index (χ0) is 15.6. The van der Waals surface area contributed by atoms with E-state index in [0.717, 1.165) is 12.0 Å². The molecule has 1 N–H and O–H groups in total. The van der Waals surface area contributed by atoms with E-state index in [0.29, 0.717) is 19.3 Å². The van der Waals surface area contributed by atoms with Gasteiger partial charge in [0.1, 0.15) is 0 Å². The number of halogens is 2. The molecule has 0 bridgehead atoms. The Hall–Kier alpha value is -0.440. The molecule has 0 aromatic heterocycles. The minimum absolute atomic E-state index is 0.0438. The fraction of sp³-hybridized carbons (Fsp3) is 0.882. The first-order valence-electron chi connectivity index (χ1n) is 7.79. The van der Waals surface area contributed by atoms with Crippen molar-refractivity contribution >= 4 is 0 Å². The third kappa shape index (κ3) is 4.28. The van der Waals surface area contributed by atoms with Gasteiger partial charge in [-0.15, -0.1) is 0 Å². The molecule has 1 aliphatic carbocycles. The summed E-state index contributed by atoms with van der Waals surface area (Å²) in [7, 11) is 0. The van der Waals surface area contributed by atoms with Crippen molar-refractivity contribution in [1.82, 2.24) is 0 Å². The largest absolute Gasteiger partial charge is 0.396 e. The van der Waals surface area contributed by atoms with Gasteiger partial charge in [-0.25, -0.2) is 8.78 Å². The Bertz CT molecular complexity index is 330. The van der Waals surface area contributed by atoms with Gasteiger partial charge in [0.2, 0.25) is 0 Å². The standard InChI is InChI=1S/C17H30F2O/c1-6-17(18,19)15-10-13(7-8-20)9-14(11-15)12(2)16(3,4)5/h13-15,20H,2,6-11H2,1,3-5H3/t13?,14-,15+/m1/s1. The van der Waals surface area contributed by atoms with Crippen LogP contribution in [0, 0.1) is 23.2 Å². The number of allylic oxidation sites excluding steroid dienone is 1. The quantitative estimate of drug-likeness (QED) is 0.702. The van der Waals surface area contributed by atoms with E-state index >= 15 is 0 Å². The van der Waals surface area contributed by atoms with Crippen molar-refractivity contribution in [2.75, 3.05) is 6.61 Å². The molecular weight excluding hydrogens is 258 g/mol. The van der Waals surface area contributed by atoms with Crippen LogP contribution < -0.4 is 0 Å². The molecular formula is C17H30F2O. The Balaban J connectivity index is 2.89. The first-order valence-corrected chi connectivity index (χ1v) is 7.79. The van der Waals surface area contributed by atoms with Crippen LogP contribution in [0.2, 0.25) is 0 Å². The van der Waals surface area contributed by atoms with E-state index in [1.807, 2.05) is 0 Å². The van der Waals surface area contributed by atoms with Gasteiger partial charge in [0.05, 0.1) is 0 Å².